The maximum atomic E-state index is 11.0. The molecule has 6 nitrogen and oxygen atoms in total. The van der Waals surface area contributed by atoms with E-state index in [1.54, 1.807) is 0 Å². The van der Waals surface area contributed by atoms with Crippen molar-refractivity contribution in [1.82, 2.24) is 0 Å². The molecule has 102 valence electrons. The van der Waals surface area contributed by atoms with Gasteiger partial charge in [0.25, 0.3) is 0 Å². The summed E-state index contributed by atoms with van der Waals surface area (Å²) in [5, 5.41) is 9.67. The fraction of sp³-hybridized carbons (Fsp3) is 0.917. The van der Waals surface area contributed by atoms with Crippen LogP contribution in [0, 0.1) is 0 Å². The van der Waals surface area contributed by atoms with Gasteiger partial charge in [-0.05, 0) is 12.8 Å². The zero-order valence-corrected chi connectivity index (χ0v) is 10.3. The first-order chi connectivity index (χ1) is 8.60. The molecule has 2 unspecified atom stereocenters. The van der Waals surface area contributed by atoms with Gasteiger partial charge in [0.15, 0.2) is 30.6 Å². The van der Waals surface area contributed by atoms with Gasteiger partial charge in [-0.2, -0.15) is 0 Å². The van der Waals surface area contributed by atoms with Crippen LogP contribution < -0.4 is 0 Å². The van der Waals surface area contributed by atoms with Crippen LogP contribution in [0.2, 0.25) is 0 Å². The summed E-state index contributed by atoms with van der Waals surface area (Å²) in [6, 6.07) is 0. The number of hydrogen-bond donors (Lipinski definition) is 1. The molecule has 6 heteroatoms. The quantitative estimate of drug-likeness (QED) is 0.697. The summed E-state index contributed by atoms with van der Waals surface area (Å²) in [4.78, 5) is 11.0. The third-order valence-corrected chi connectivity index (χ3v) is 3.75. The highest BCUT2D eigenvalue weighted by atomic mass is 16.9. The van der Waals surface area contributed by atoms with E-state index in [-0.39, 0.29) is 0 Å². The molecule has 0 radical (unpaired) electrons. The molecule has 2 heterocycles. The van der Waals surface area contributed by atoms with E-state index in [0.717, 1.165) is 25.7 Å². The number of aliphatic hydroxyl groups is 1. The van der Waals surface area contributed by atoms with E-state index in [2.05, 4.69) is 0 Å². The summed E-state index contributed by atoms with van der Waals surface area (Å²) < 4.78 is 22.0. The van der Waals surface area contributed by atoms with E-state index in [9.17, 15) is 9.90 Å². The molecule has 0 bridgehead atoms. The topological polar surface area (TPSA) is 74.2 Å². The number of esters is 1. The molecular formula is C12H18O6. The lowest BCUT2D eigenvalue weighted by Crippen LogP contribution is -2.40. The van der Waals surface area contributed by atoms with Crippen molar-refractivity contribution < 1.29 is 28.8 Å². The van der Waals surface area contributed by atoms with Crippen LogP contribution in [0.15, 0.2) is 0 Å². The van der Waals surface area contributed by atoms with Crippen LogP contribution >= 0.6 is 0 Å². The summed E-state index contributed by atoms with van der Waals surface area (Å²) >= 11 is 0. The van der Waals surface area contributed by atoms with Crippen LogP contribution in [-0.4, -0.2) is 41.7 Å². The largest absolute Gasteiger partial charge is 0.454 e. The minimum Gasteiger partial charge on any atom is -0.454 e. The lowest BCUT2D eigenvalue weighted by molar-refractivity contribution is -0.272. The van der Waals surface area contributed by atoms with Gasteiger partial charge in [0.2, 0.25) is 0 Å². The standard InChI is InChI=1S/C12H18O6/c1-7(13)15-8-9-11(16-10(8)14)18-12(17-9)5-3-2-4-6-12/h8-11,14H,2-6H2,1H3/t8?,9-,10?,11-/m1/s1. The van der Waals surface area contributed by atoms with E-state index >= 15 is 0 Å². The van der Waals surface area contributed by atoms with E-state index in [1.165, 1.54) is 13.3 Å². The minimum atomic E-state index is -1.18. The predicted octanol–water partition coefficient (Wildman–Crippen LogP) is 0.669. The zero-order valence-electron chi connectivity index (χ0n) is 10.3. The first-order valence-corrected chi connectivity index (χ1v) is 6.46. The number of aliphatic hydroxyl groups excluding tert-OH is 1. The van der Waals surface area contributed by atoms with Gasteiger partial charge in [0, 0.05) is 19.8 Å². The Morgan fingerprint density at radius 2 is 2.00 bits per heavy atom. The SMILES string of the molecule is CC(=O)OC1C(O)O[C@@H]2OC3(CCCCC3)O[C@H]12. The average molecular weight is 258 g/mol. The number of ether oxygens (including phenoxy) is 4. The van der Waals surface area contributed by atoms with E-state index in [4.69, 9.17) is 18.9 Å². The monoisotopic (exact) mass is 258 g/mol. The van der Waals surface area contributed by atoms with Crippen LogP contribution in [0.5, 0.6) is 0 Å². The molecule has 0 aromatic heterocycles. The molecule has 1 saturated carbocycles. The molecule has 3 fully saturated rings. The molecule has 3 rings (SSSR count). The van der Waals surface area contributed by atoms with Crippen molar-refractivity contribution in [1.29, 1.82) is 0 Å². The van der Waals surface area contributed by atoms with E-state index in [0.29, 0.717) is 0 Å². The summed E-state index contributed by atoms with van der Waals surface area (Å²) in [6.07, 6.45) is 1.81. The molecule has 0 amide bonds. The molecule has 4 atom stereocenters. The van der Waals surface area contributed by atoms with Crippen LogP contribution in [0.1, 0.15) is 39.0 Å². The second-order valence-electron chi connectivity index (χ2n) is 5.14. The van der Waals surface area contributed by atoms with Gasteiger partial charge in [0.05, 0.1) is 0 Å². The van der Waals surface area contributed by atoms with Crippen molar-refractivity contribution in [2.45, 2.75) is 69.6 Å². The Hall–Kier alpha value is -0.690. The molecular weight excluding hydrogens is 240 g/mol. The van der Waals surface area contributed by atoms with Gasteiger partial charge < -0.3 is 24.1 Å². The molecule has 1 N–H and O–H groups in total. The van der Waals surface area contributed by atoms with Crippen LogP contribution in [0.25, 0.3) is 0 Å². The Morgan fingerprint density at radius 3 is 2.67 bits per heavy atom. The summed E-state index contributed by atoms with van der Waals surface area (Å²) in [5.74, 6) is -1.07. The Bertz CT molecular complexity index is 337. The highest BCUT2D eigenvalue weighted by Crippen LogP contribution is 2.45. The highest BCUT2D eigenvalue weighted by Gasteiger charge is 2.59. The molecule has 18 heavy (non-hydrogen) atoms. The number of hydrogen-bond acceptors (Lipinski definition) is 6. The molecule has 2 saturated heterocycles. The summed E-state index contributed by atoms with van der Waals surface area (Å²) in [6.45, 7) is 1.30. The molecule has 1 spiro atoms. The minimum absolute atomic E-state index is 0.462. The Balaban J connectivity index is 1.72. The molecule has 0 aromatic carbocycles. The predicted molar refractivity (Wildman–Crippen MR) is 58.2 cm³/mol. The second-order valence-corrected chi connectivity index (χ2v) is 5.14. The fourth-order valence-electron chi connectivity index (χ4n) is 2.96. The normalized spacial score (nSPS) is 41.9. The second kappa shape index (κ2) is 4.45. The summed E-state index contributed by atoms with van der Waals surface area (Å²) in [5.41, 5.74) is 0. The molecule has 0 aromatic rings. The molecule has 2 aliphatic heterocycles. The first-order valence-electron chi connectivity index (χ1n) is 6.46. The van der Waals surface area contributed by atoms with Gasteiger partial charge in [-0.25, -0.2) is 0 Å². The highest BCUT2D eigenvalue weighted by molar-refractivity contribution is 5.66. The van der Waals surface area contributed by atoms with Gasteiger partial charge in [0.1, 0.15) is 0 Å². The molecule has 3 aliphatic rings. The average Bonchev–Trinajstić information content (AvgIpc) is 2.76. The Kier molecular flexibility index (Phi) is 3.05. The van der Waals surface area contributed by atoms with Crippen molar-refractivity contribution in [2.24, 2.45) is 0 Å². The number of fused-ring (bicyclic) bond motifs is 1. The lowest BCUT2D eigenvalue weighted by atomic mass is 9.94. The maximum absolute atomic E-state index is 11.0. The fourth-order valence-corrected chi connectivity index (χ4v) is 2.96. The van der Waals surface area contributed by atoms with Crippen LogP contribution in [-0.2, 0) is 23.7 Å². The van der Waals surface area contributed by atoms with Crippen molar-refractivity contribution in [3.05, 3.63) is 0 Å². The third-order valence-electron chi connectivity index (χ3n) is 3.75. The Morgan fingerprint density at radius 1 is 1.28 bits per heavy atom. The van der Waals surface area contributed by atoms with Gasteiger partial charge in [-0.1, -0.05) is 6.42 Å². The van der Waals surface area contributed by atoms with Gasteiger partial charge in [-0.3, -0.25) is 4.79 Å². The van der Waals surface area contributed by atoms with E-state index in [1.807, 2.05) is 0 Å². The van der Waals surface area contributed by atoms with Crippen molar-refractivity contribution in [2.75, 3.05) is 0 Å². The molecule has 1 aliphatic carbocycles. The van der Waals surface area contributed by atoms with Crippen LogP contribution in [0.4, 0.5) is 0 Å². The number of carbonyl (C=O) groups excluding carboxylic acids is 1. The third kappa shape index (κ3) is 2.03. The van der Waals surface area contributed by atoms with Gasteiger partial charge in [-0.15, -0.1) is 0 Å². The van der Waals surface area contributed by atoms with Crippen molar-refractivity contribution in [3.8, 4) is 0 Å². The lowest BCUT2D eigenvalue weighted by Gasteiger charge is -2.33. The van der Waals surface area contributed by atoms with Crippen molar-refractivity contribution >= 4 is 5.97 Å². The van der Waals surface area contributed by atoms with Gasteiger partial charge >= 0.3 is 5.97 Å². The van der Waals surface area contributed by atoms with Crippen LogP contribution in [0.3, 0.4) is 0 Å². The number of rotatable bonds is 1. The van der Waals surface area contributed by atoms with E-state index < -0.39 is 36.5 Å². The maximum Gasteiger partial charge on any atom is 0.303 e. The summed E-state index contributed by atoms with van der Waals surface area (Å²) in [7, 11) is 0. The Labute approximate surface area is 105 Å². The smallest absolute Gasteiger partial charge is 0.303 e. The first kappa shape index (κ1) is 12.3. The van der Waals surface area contributed by atoms with Crippen molar-refractivity contribution in [3.63, 3.8) is 0 Å². The zero-order chi connectivity index (χ0) is 12.8. The number of carbonyl (C=O) groups is 1.